The third-order valence-corrected chi connectivity index (χ3v) is 3.02. The van der Waals surface area contributed by atoms with Gasteiger partial charge >= 0.3 is 0 Å². The summed E-state index contributed by atoms with van der Waals surface area (Å²) in [5.74, 6) is 0.0538. The third kappa shape index (κ3) is 4.49. The minimum absolute atomic E-state index is 0.0538. The van der Waals surface area contributed by atoms with Crippen LogP contribution in [-0.4, -0.2) is 27.8 Å². The molecule has 2 N–H and O–H groups in total. The summed E-state index contributed by atoms with van der Waals surface area (Å²) in [6.45, 7) is 6.68. The third-order valence-electron chi connectivity index (χ3n) is 3.02. The first kappa shape index (κ1) is 14.7. The Morgan fingerprint density at radius 3 is 2.78 bits per heavy atom. The van der Waals surface area contributed by atoms with Crippen molar-refractivity contribution in [1.82, 2.24) is 20.4 Å². The molecule has 5 nitrogen and oxygen atoms in total. The van der Waals surface area contributed by atoms with Crippen LogP contribution >= 0.6 is 0 Å². The van der Waals surface area contributed by atoms with Crippen molar-refractivity contribution < 1.29 is 4.79 Å². The molecule has 1 aromatic rings. The Labute approximate surface area is 109 Å². The van der Waals surface area contributed by atoms with Crippen LogP contribution in [0.4, 0.5) is 0 Å². The molecule has 0 aliphatic rings. The number of rotatable bonds is 7. The average molecular weight is 252 g/mol. The quantitative estimate of drug-likeness (QED) is 0.766. The van der Waals surface area contributed by atoms with E-state index < -0.39 is 0 Å². The highest BCUT2D eigenvalue weighted by Crippen LogP contribution is 1.98. The predicted octanol–water partition coefficient (Wildman–Crippen LogP) is 1.20. The van der Waals surface area contributed by atoms with E-state index in [1.165, 1.54) is 0 Å². The van der Waals surface area contributed by atoms with Crippen molar-refractivity contribution >= 4 is 5.91 Å². The van der Waals surface area contributed by atoms with Crippen LogP contribution in [0.1, 0.15) is 39.3 Å². The lowest BCUT2D eigenvalue weighted by Crippen LogP contribution is -2.45. The molecule has 0 spiro atoms. The fraction of sp³-hybridized carbons (Fsp3) is 0.692. The second-order valence-corrected chi connectivity index (χ2v) is 4.75. The van der Waals surface area contributed by atoms with E-state index in [1.807, 2.05) is 27.0 Å². The van der Waals surface area contributed by atoms with Gasteiger partial charge in [0.15, 0.2) is 0 Å². The lowest BCUT2D eigenvalue weighted by atomic mass is 10.2. The molecule has 0 fully saturated rings. The minimum Gasteiger partial charge on any atom is -0.352 e. The molecular weight excluding hydrogens is 228 g/mol. The molecule has 0 aromatic carbocycles. The van der Waals surface area contributed by atoms with E-state index in [2.05, 4.69) is 22.7 Å². The SMILES string of the molecule is CCCC(C)NC(=O)C(C)NCc1ccnn1C. The van der Waals surface area contributed by atoms with E-state index in [0.717, 1.165) is 18.5 Å². The van der Waals surface area contributed by atoms with Gasteiger partial charge in [-0.1, -0.05) is 13.3 Å². The zero-order chi connectivity index (χ0) is 13.5. The number of carbonyl (C=O) groups is 1. The van der Waals surface area contributed by atoms with Gasteiger partial charge in [-0.2, -0.15) is 5.10 Å². The van der Waals surface area contributed by atoms with Crippen LogP contribution in [0.5, 0.6) is 0 Å². The van der Waals surface area contributed by atoms with E-state index in [1.54, 1.807) is 10.9 Å². The first-order valence-electron chi connectivity index (χ1n) is 6.55. The second-order valence-electron chi connectivity index (χ2n) is 4.75. The number of nitrogens with one attached hydrogen (secondary N) is 2. The number of hydrogen-bond donors (Lipinski definition) is 2. The van der Waals surface area contributed by atoms with Gasteiger partial charge in [-0.25, -0.2) is 0 Å². The predicted molar refractivity (Wildman–Crippen MR) is 72.0 cm³/mol. The van der Waals surface area contributed by atoms with Crippen LogP contribution in [0.25, 0.3) is 0 Å². The molecule has 2 atom stereocenters. The van der Waals surface area contributed by atoms with Gasteiger partial charge in [-0.05, 0) is 26.3 Å². The molecule has 102 valence electrons. The van der Waals surface area contributed by atoms with Gasteiger partial charge in [0.25, 0.3) is 0 Å². The van der Waals surface area contributed by atoms with Gasteiger partial charge in [0.1, 0.15) is 0 Å². The smallest absolute Gasteiger partial charge is 0.237 e. The topological polar surface area (TPSA) is 59.0 Å². The van der Waals surface area contributed by atoms with E-state index in [9.17, 15) is 4.79 Å². The summed E-state index contributed by atoms with van der Waals surface area (Å²) >= 11 is 0. The van der Waals surface area contributed by atoms with E-state index in [4.69, 9.17) is 0 Å². The molecule has 0 bridgehead atoms. The highest BCUT2D eigenvalue weighted by molar-refractivity contribution is 5.81. The van der Waals surface area contributed by atoms with E-state index >= 15 is 0 Å². The van der Waals surface area contributed by atoms with Crippen LogP contribution < -0.4 is 10.6 Å². The van der Waals surface area contributed by atoms with Crippen molar-refractivity contribution in [2.45, 2.75) is 52.2 Å². The summed E-state index contributed by atoms with van der Waals surface area (Å²) < 4.78 is 1.80. The van der Waals surface area contributed by atoms with Crippen LogP contribution in [0.3, 0.4) is 0 Å². The van der Waals surface area contributed by atoms with Crippen molar-refractivity contribution in [3.8, 4) is 0 Å². The Kier molecular flexibility index (Phi) is 5.85. The van der Waals surface area contributed by atoms with Crippen molar-refractivity contribution in [1.29, 1.82) is 0 Å². The van der Waals surface area contributed by atoms with Crippen molar-refractivity contribution in [2.24, 2.45) is 7.05 Å². The molecule has 1 aromatic heterocycles. The Balaban J connectivity index is 2.34. The number of aryl methyl sites for hydroxylation is 1. The lowest BCUT2D eigenvalue weighted by Gasteiger charge is -2.18. The van der Waals surface area contributed by atoms with Crippen molar-refractivity contribution in [3.63, 3.8) is 0 Å². The molecule has 0 aliphatic carbocycles. The summed E-state index contributed by atoms with van der Waals surface area (Å²) in [6.07, 6.45) is 3.85. The van der Waals surface area contributed by atoms with Crippen molar-refractivity contribution in [3.05, 3.63) is 18.0 Å². The highest BCUT2D eigenvalue weighted by atomic mass is 16.2. The molecule has 1 rings (SSSR count). The van der Waals surface area contributed by atoms with Gasteiger partial charge in [0, 0.05) is 25.8 Å². The van der Waals surface area contributed by atoms with Gasteiger partial charge in [0.2, 0.25) is 5.91 Å². The summed E-state index contributed by atoms with van der Waals surface area (Å²) in [6, 6.07) is 1.99. The standard InChI is InChI=1S/C13H24N4O/c1-5-6-10(2)16-13(18)11(3)14-9-12-7-8-15-17(12)4/h7-8,10-11,14H,5-6,9H2,1-4H3,(H,16,18). The number of carbonyl (C=O) groups excluding carboxylic acids is 1. The second kappa shape index (κ2) is 7.16. The molecule has 2 unspecified atom stereocenters. The minimum atomic E-state index is -0.195. The molecule has 1 heterocycles. The van der Waals surface area contributed by atoms with Gasteiger partial charge in [-0.3, -0.25) is 9.48 Å². The molecule has 5 heteroatoms. The van der Waals surface area contributed by atoms with Crippen LogP contribution in [-0.2, 0) is 18.4 Å². The summed E-state index contributed by atoms with van der Waals surface area (Å²) in [5.41, 5.74) is 1.07. The normalized spacial score (nSPS) is 14.2. The van der Waals surface area contributed by atoms with Crippen LogP contribution in [0.15, 0.2) is 12.3 Å². The van der Waals surface area contributed by atoms with Gasteiger partial charge in [0.05, 0.1) is 11.7 Å². The van der Waals surface area contributed by atoms with Gasteiger partial charge < -0.3 is 10.6 Å². The molecule has 1 amide bonds. The lowest BCUT2D eigenvalue weighted by molar-refractivity contribution is -0.123. The molecule has 0 saturated carbocycles. The Hall–Kier alpha value is -1.36. The Morgan fingerprint density at radius 2 is 2.22 bits per heavy atom. The highest BCUT2D eigenvalue weighted by Gasteiger charge is 2.14. The van der Waals surface area contributed by atoms with E-state index in [0.29, 0.717) is 6.54 Å². The molecule has 18 heavy (non-hydrogen) atoms. The fourth-order valence-corrected chi connectivity index (χ4v) is 1.80. The largest absolute Gasteiger partial charge is 0.352 e. The average Bonchev–Trinajstić information content (AvgIpc) is 2.72. The summed E-state index contributed by atoms with van der Waals surface area (Å²) in [7, 11) is 1.89. The van der Waals surface area contributed by atoms with Crippen LogP contribution in [0, 0.1) is 0 Å². The maximum atomic E-state index is 11.9. The van der Waals surface area contributed by atoms with Gasteiger partial charge in [-0.15, -0.1) is 0 Å². The van der Waals surface area contributed by atoms with E-state index in [-0.39, 0.29) is 18.0 Å². The monoisotopic (exact) mass is 252 g/mol. The fourth-order valence-electron chi connectivity index (χ4n) is 1.80. The molecule has 0 aliphatic heterocycles. The van der Waals surface area contributed by atoms with Crippen LogP contribution in [0.2, 0.25) is 0 Å². The number of amides is 1. The zero-order valence-corrected chi connectivity index (χ0v) is 11.7. The Morgan fingerprint density at radius 1 is 1.50 bits per heavy atom. The number of aromatic nitrogens is 2. The maximum Gasteiger partial charge on any atom is 0.237 e. The van der Waals surface area contributed by atoms with Crippen molar-refractivity contribution in [2.75, 3.05) is 0 Å². The summed E-state index contributed by atoms with van der Waals surface area (Å²) in [4.78, 5) is 11.9. The first-order chi connectivity index (χ1) is 8.54. The number of hydrogen-bond acceptors (Lipinski definition) is 3. The maximum absolute atomic E-state index is 11.9. The molecule has 0 radical (unpaired) electrons. The Bertz CT molecular complexity index is 375. The first-order valence-corrected chi connectivity index (χ1v) is 6.55. The molecular formula is C13H24N4O. The number of nitrogens with zero attached hydrogens (tertiary/aromatic N) is 2. The summed E-state index contributed by atoms with van der Waals surface area (Å²) in [5, 5.41) is 10.3. The zero-order valence-electron chi connectivity index (χ0n) is 11.7. The molecule has 0 saturated heterocycles.